The van der Waals surface area contributed by atoms with Gasteiger partial charge in [0.05, 0.1) is 6.20 Å². The van der Waals surface area contributed by atoms with Crippen LogP contribution in [0.5, 0.6) is 0 Å². The van der Waals surface area contributed by atoms with Gasteiger partial charge in [0.25, 0.3) is 0 Å². The van der Waals surface area contributed by atoms with Crippen LogP contribution in [0.15, 0.2) is 36.5 Å². The summed E-state index contributed by atoms with van der Waals surface area (Å²) >= 11 is 2.22. The highest BCUT2D eigenvalue weighted by atomic mass is 127. The van der Waals surface area contributed by atoms with E-state index in [4.69, 9.17) is 4.74 Å². The molecule has 100 valence electrons. The van der Waals surface area contributed by atoms with Gasteiger partial charge in [-0.1, -0.05) is 52.9 Å². The molecule has 0 aliphatic rings. The fourth-order valence-corrected chi connectivity index (χ4v) is 2.35. The van der Waals surface area contributed by atoms with Gasteiger partial charge in [0.1, 0.15) is 12.3 Å². The van der Waals surface area contributed by atoms with Crippen molar-refractivity contribution < 1.29 is 9.53 Å². The molecule has 1 heterocycles. The summed E-state index contributed by atoms with van der Waals surface area (Å²) < 4.78 is 7.78. The summed E-state index contributed by atoms with van der Waals surface area (Å²) in [4.78, 5) is 12.2. The molecule has 0 unspecified atom stereocenters. The molecule has 1 aromatic heterocycles. The van der Waals surface area contributed by atoms with Gasteiger partial charge < -0.3 is 4.74 Å². The molecule has 2 aromatic rings. The lowest BCUT2D eigenvalue weighted by atomic mass is 10.2. The molecule has 0 saturated heterocycles. The number of nitrogens with zero attached hydrogens (tertiary/aromatic N) is 2. The third-order valence-corrected chi connectivity index (χ3v) is 3.59. The zero-order chi connectivity index (χ0) is 13.7. The summed E-state index contributed by atoms with van der Waals surface area (Å²) in [6.45, 7) is 2.90. The van der Waals surface area contributed by atoms with Crippen LogP contribution in [0.4, 0.5) is 0 Å². The number of rotatable bonds is 5. The highest BCUT2D eigenvalue weighted by Gasteiger charge is 2.18. The van der Waals surface area contributed by atoms with E-state index in [0.717, 1.165) is 15.6 Å². The van der Waals surface area contributed by atoms with Gasteiger partial charge in [-0.25, -0.2) is 4.79 Å². The summed E-state index contributed by atoms with van der Waals surface area (Å²) in [5.74, 6) is -0.310. The Kier molecular flexibility index (Phi) is 4.95. The smallest absolute Gasteiger partial charge is 0.357 e. The first kappa shape index (κ1) is 14.0. The first-order chi connectivity index (χ1) is 9.26. The van der Waals surface area contributed by atoms with Gasteiger partial charge in [0, 0.05) is 16.5 Å². The summed E-state index contributed by atoms with van der Waals surface area (Å²) in [5.41, 5.74) is 2.46. The zero-order valence-corrected chi connectivity index (χ0v) is 12.8. The molecule has 0 aliphatic carbocycles. The number of aromatic nitrogens is 2. The number of esters is 1. The lowest BCUT2D eigenvalue weighted by Gasteiger charge is -2.07. The molecule has 2 rings (SSSR count). The maximum absolute atomic E-state index is 12.2. The van der Waals surface area contributed by atoms with Crippen molar-refractivity contribution in [1.82, 2.24) is 9.78 Å². The van der Waals surface area contributed by atoms with Crippen molar-refractivity contribution in [2.45, 2.75) is 24.5 Å². The second-order valence-electron chi connectivity index (χ2n) is 4.03. The van der Waals surface area contributed by atoms with Gasteiger partial charge in [0.2, 0.25) is 0 Å². The van der Waals surface area contributed by atoms with Crippen LogP contribution in [-0.4, -0.2) is 15.7 Å². The van der Waals surface area contributed by atoms with Crippen LogP contribution in [-0.2, 0) is 22.3 Å². The van der Waals surface area contributed by atoms with E-state index in [1.807, 2.05) is 37.3 Å². The van der Waals surface area contributed by atoms with Crippen LogP contribution in [0.1, 0.15) is 28.5 Å². The first-order valence-electron chi connectivity index (χ1n) is 6.08. The molecule has 1 aromatic carbocycles. The van der Waals surface area contributed by atoms with E-state index in [0.29, 0.717) is 12.2 Å². The molecule has 0 bridgehead atoms. The monoisotopic (exact) mass is 370 g/mol. The topological polar surface area (TPSA) is 44.1 Å². The summed E-state index contributed by atoms with van der Waals surface area (Å²) in [5, 5.41) is 4.19. The largest absolute Gasteiger partial charge is 0.456 e. The predicted molar refractivity (Wildman–Crippen MR) is 81.2 cm³/mol. The summed E-state index contributed by atoms with van der Waals surface area (Å²) in [6, 6.07) is 9.66. The molecule has 0 fully saturated rings. The lowest BCUT2D eigenvalue weighted by Crippen LogP contribution is -2.14. The predicted octanol–water partition coefficient (Wildman–Crippen LogP) is 3.20. The Morgan fingerprint density at radius 1 is 1.37 bits per heavy atom. The van der Waals surface area contributed by atoms with Crippen LogP contribution in [0.25, 0.3) is 0 Å². The van der Waals surface area contributed by atoms with Crippen LogP contribution in [0, 0.1) is 0 Å². The number of aryl methyl sites for hydroxylation is 1. The molecule has 0 saturated carbocycles. The number of alkyl halides is 1. The molecular weight excluding hydrogens is 355 g/mol. The van der Waals surface area contributed by atoms with Gasteiger partial charge in [-0.15, -0.1) is 0 Å². The van der Waals surface area contributed by atoms with E-state index in [1.54, 1.807) is 10.9 Å². The van der Waals surface area contributed by atoms with Crippen molar-refractivity contribution in [3.05, 3.63) is 53.3 Å². The van der Waals surface area contributed by atoms with E-state index in [9.17, 15) is 4.79 Å². The molecule has 0 radical (unpaired) electrons. The number of benzene rings is 1. The molecule has 4 nitrogen and oxygen atoms in total. The second kappa shape index (κ2) is 6.70. The van der Waals surface area contributed by atoms with E-state index in [-0.39, 0.29) is 12.6 Å². The van der Waals surface area contributed by atoms with Crippen LogP contribution in [0.2, 0.25) is 0 Å². The molecule has 0 atom stereocenters. The molecule has 0 amide bonds. The molecule has 0 aliphatic heterocycles. The van der Waals surface area contributed by atoms with E-state index in [1.165, 1.54) is 0 Å². The van der Waals surface area contributed by atoms with Crippen LogP contribution >= 0.6 is 22.6 Å². The lowest BCUT2D eigenvalue weighted by molar-refractivity contribution is 0.0457. The van der Waals surface area contributed by atoms with Gasteiger partial charge in [-0.3, -0.25) is 4.68 Å². The first-order valence-corrected chi connectivity index (χ1v) is 7.60. The minimum Gasteiger partial charge on any atom is -0.456 e. The minimum absolute atomic E-state index is 0.287. The Bertz CT molecular complexity index is 530. The maximum atomic E-state index is 12.2. The summed E-state index contributed by atoms with van der Waals surface area (Å²) in [7, 11) is 0. The average Bonchev–Trinajstić information content (AvgIpc) is 2.89. The van der Waals surface area contributed by atoms with Gasteiger partial charge in [0.15, 0.2) is 0 Å². The number of carbonyl (C=O) groups excluding carboxylic acids is 1. The Morgan fingerprint density at radius 2 is 2.11 bits per heavy atom. The standard InChI is InChI=1S/C14H15IN2O2/c1-2-17-13(12(8-15)9-16-17)14(18)19-10-11-6-4-3-5-7-11/h3-7,9H,2,8,10H2,1H3. The molecule has 0 N–H and O–H groups in total. The van der Waals surface area contributed by atoms with Crippen molar-refractivity contribution >= 4 is 28.6 Å². The van der Waals surface area contributed by atoms with Crippen molar-refractivity contribution in [1.29, 1.82) is 0 Å². The van der Waals surface area contributed by atoms with Crippen LogP contribution < -0.4 is 0 Å². The number of hydrogen-bond donors (Lipinski definition) is 0. The van der Waals surface area contributed by atoms with E-state index >= 15 is 0 Å². The second-order valence-corrected chi connectivity index (χ2v) is 4.79. The number of carbonyl (C=O) groups is 1. The Morgan fingerprint density at radius 3 is 2.74 bits per heavy atom. The highest BCUT2D eigenvalue weighted by Crippen LogP contribution is 2.15. The Balaban J connectivity index is 2.09. The molecule has 19 heavy (non-hydrogen) atoms. The minimum atomic E-state index is -0.310. The fourth-order valence-electron chi connectivity index (χ4n) is 1.79. The van der Waals surface area contributed by atoms with Crippen molar-refractivity contribution in [3.63, 3.8) is 0 Å². The van der Waals surface area contributed by atoms with Gasteiger partial charge in [-0.05, 0) is 12.5 Å². The summed E-state index contributed by atoms with van der Waals surface area (Å²) in [6.07, 6.45) is 1.73. The Labute approximate surface area is 125 Å². The van der Waals surface area contributed by atoms with E-state index < -0.39 is 0 Å². The Hall–Kier alpha value is -1.37. The van der Waals surface area contributed by atoms with Crippen molar-refractivity contribution in [2.24, 2.45) is 0 Å². The SMILES string of the molecule is CCn1ncc(CI)c1C(=O)OCc1ccccc1. The third-order valence-electron chi connectivity index (χ3n) is 2.76. The number of halogens is 1. The quantitative estimate of drug-likeness (QED) is 0.461. The van der Waals surface area contributed by atoms with Crippen molar-refractivity contribution in [3.8, 4) is 0 Å². The molecular formula is C14H15IN2O2. The average molecular weight is 370 g/mol. The normalized spacial score (nSPS) is 10.4. The fraction of sp³-hybridized carbons (Fsp3) is 0.286. The van der Waals surface area contributed by atoms with Crippen LogP contribution in [0.3, 0.4) is 0 Å². The molecule has 0 spiro atoms. The number of ether oxygens (including phenoxy) is 1. The highest BCUT2D eigenvalue weighted by molar-refractivity contribution is 14.1. The third kappa shape index (κ3) is 3.34. The van der Waals surface area contributed by atoms with Gasteiger partial charge >= 0.3 is 5.97 Å². The maximum Gasteiger partial charge on any atom is 0.357 e. The molecule has 5 heteroatoms. The number of hydrogen-bond acceptors (Lipinski definition) is 3. The zero-order valence-electron chi connectivity index (χ0n) is 10.7. The van der Waals surface area contributed by atoms with Crippen molar-refractivity contribution in [2.75, 3.05) is 0 Å². The van der Waals surface area contributed by atoms with Gasteiger partial charge in [-0.2, -0.15) is 5.10 Å². The van der Waals surface area contributed by atoms with E-state index in [2.05, 4.69) is 27.7 Å².